The summed E-state index contributed by atoms with van der Waals surface area (Å²) in [6.07, 6.45) is 7.13. The molecule has 10 nitrogen and oxygen atoms in total. The first kappa shape index (κ1) is 21.2. The molecule has 0 saturated heterocycles. The first-order chi connectivity index (χ1) is 17.5. The molecule has 0 unspecified atom stereocenters. The van der Waals surface area contributed by atoms with Gasteiger partial charge in [0.1, 0.15) is 5.52 Å². The summed E-state index contributed by atoms with van der Waals surface area (Å²) in [7, 11) is 0. The van der Waals surface area contributed by atoms with Crippen molar-refractivity contribution in [1.82, 2.24) is 19.6 Å². The first-order valence-electron chi connectivity index (χ1n) is 10.9. The van der Waals surface area contributed by atoms with Gasteiger partial charge in [0, 0.05) is 17.1 Å². The highest BCUT2D eigenvalue weighted by Gasteiger charge is 2.31. The predicted octanol–water partition coefficient (Wildman–Crippen LogP) is 5.74. The number of aromatic amines is 1. The van der Waals surface area contributed by atoms with E-state index in [1.807, 2.05) is 24.3 Å². The number of hydrogen-bond donors (Lipinski definition) is 1. The Hall–Kier alpha value is -5.38. The lowest BCUT2D eigenvalue weighted by molar-refractivity contribution is -0.533. The van der Waals surface area contributed by atoms with Crippen molar-refractivity contribution in [3.63, 3.8) is 0 Å². The van der Waals surface area contributed by atoms with Crippen LogP contribution in [0.1, 0.15) is 22.8 Å². The average molecular weight is 476 g/mol. The van der Waals surface area contributed by atoms with E-state index in [0.717, 1.165) is 15.9 Å². The Bertz CT molecular complexity index is 1800. The minimum atomic E-state index is -0.652. The molecule has 1 aromatic carbocycles. The molecule has 8 bridgehead atoms. The number of fused-ring (bicyclic) bond motifs is 8. The zero-order valence-electron chi connectivity index (χ0n) is 18.5. The van der Waals surface area contributed by atoms with Gasteiger partial charge in [-0.2, -0.15) is 0 Å². The Balaban J connectivity index is 1.85. The average Bonchev–Trinajstić information content (AvgIpc) is 3.63. The Labute approximate surface area is 202 Å². The summed E-state index contributed by atoms with van der Waals surface area (Å²) in [5.41, 5.74) is 3.78. The maximum Gasteiger partial charge on any atom is 0.309 e. The van der Waals surface area contributed by atoms with Gasteiger partial charge in [0.15, 0.2) is 10.5 Å². The summed E-state index contributed by atoms with van der Waals surface area (Å²) >= 11 is 0. The molecular weight excluding hydrogens is 460 g/mol. The van der Waals surface area contributed by atoms with Crippen molar-refractivity contribution < 1.29 is 9.96 Å². The standard InChI is InChI=1S/C26H16N6O4/c33-31(34)26-24-15-22-11-9-20(29-22)13-18-7-6-17(27-18)12-19-8-10-21(28-19)14-23(30(24)32(35)36)25(26)16-4-2-1-3-5-16/h1-15,28H. The third-order valence-electron chi connectivity index (χ3n) is 5.87. The molecule has 4 aromatic rings. The number of rotatable bonds is 3. The summed E-state index contributed by atoms with van der Waals surface area (Å²) in [6.45, 7) is 0. The zero-order chi connectivity index (χ0) is 24.8. The summed E-state index contributed by atoms with van der Waals surface area (Å²) in [5.74, 6) is 0. The fraction of sp³-hybridized carbons (Fsp3) is 0. The van der Waals surface area contributed by atoms with Gasteiger partial charge in [-0.1, -0.05) is 35.0 Å². The number of nitrogens with one attached hydrogen (secondary N) is 1. The van der Waals surface area contributed by atoms with Crippen molar-refractivity contribution in [2.24, 2.45) is 0 Å². The van der Waals surface area contributed by atoms with Gasteiger partial charge < -0.3 is 4.98 Å². The summed E-state index contributed by atoms with van der Waals surface area (Å²) in [5, 5.41) is 24.1. The number of H-pyrrole nitrogens is 1. The van der Waals surface area contributed by atoms with E-state index in [1.165, 1.54) is 6.07 Å². The molecule has 2 aliphatic rings. The van der Waals surface area contributed by atoms with E-state index in [0.29, 0.717) is 28.2 Å². The lowest BCUT2D eigenvalue weighted by Crippen LogP contribution is -2.07. The van der Waals surface area contributed by atoms with Gasteiger partial charge in [-0.3, -0.25) is 10.1 Å². The summed E-state index contributed by atoms with van der Waals surface area (Å²) in [4.78, 5) is 36.4. The van der Waals surface area contributed by atoms with Crippen LogP contribution in [0.5, 0.6) is 0 Å². The van der Waals surface area contributed by atoms with Gasteiger partial charge in [-0.05, 0) is 60.2 Å². The quantitative estimate of drug-likeness (QED) is 0.256. The van der Waals surface area contributed by atoms with E-state index in [1.54, 1.807) is 60.7 Å². The molecule has 0 fully saturated rings. The number of hydrogen-bond acceptors (Lipinski definition) is 6. The SMILES string of the molecule is O=[N+]([O-])c1c(-c2ccccc2)c2cc3ccc(cc4nc(cc5nc(cc1n2[N+](=O)[O-])C=C5)C=C4)[nH]3. The topological polar surface area (TPSA) is 133 Å². The summed E-state index contributed by atoms with van der Waals surface area (Å²) < 4.78 is 0.749. The number of benzene rings is 1. The second kappa shape index (κ2) is 8.13. The van der Waals surface area contributed by atoms with Crippen LogP contribution < -0.4 is 0 Å². The van der Waals surface area contributed by atoms with Crippen molar-refractivity contribution in [3.05, 3.63) is 110 Å². The van der Waals surface area contributed by atoms with Gasteiger partial charge in [-0.15, -0.1) is 0 Å². The minimum Gasteiger partial charge on any atom is -0.355 e. The van der Waals surface area contributed by atoms with Crippen molar-refractivity contribution in [2.45, 2.75) is 0 Å². The van der Waals surface area contributed by atoms with Crippen LogP contribution in [-0.2, 0) is 0 Å². The lowest BCUT2D eigenvalue weighted by Gasteiger charge is -1.98. The molecule has 6 rings (SSSR count). The molecule has 174 valence electrons. The fourth-order valence-corrected chi connectivity index (χ4v) is 4.40. The Morgan fingerprint density at radius 2 is 1.28 bits per heavy atom. The highest BCUT2D eigenvalue weighted by atomic mass is 16.7. The normalized spacial score (nSPS) is 12.1. The molecule has 3 aromatic heterocycles. The number of aromatic nitrogens is 4. The number of nitrogens with zero attached hydrogens (tertiary/aromatic N) is 5. The molecule has 0 radical (unpaired) electrons. The van der Waals surface area contributed by atoms with Crippen LogP contribution in [0.3, 0.4) is 0 Å². The van der Waals surface area contributed by atoms with Crippen LogP contribution >= 0.6 is 0 Å². The van der Waals surface area contributed by atoms with E-state index in [2.05, 4.69) is 15.0 Å². The molecule has 5 heterocycles. The van der Waals surface area contributed by atoms with Gasteiger partial charge in [0.25, 0.3) is 0 Å². The largest absolute Gasteiger partial charge is 0.355 e. The van der Waals surface area contributed by atoms with Crippen molar-refractivity contribution >= 4 is 52.1 Å². The van der Waals surface area contributed by atoms with E-state index >= 15 is 0 Å². The molecule has 2 aliphatic heterocycles. The van der Waals surface area contributed by atoms with Crippen LogP contribution in [-0.4, -0.2) is 29.6 Å². The van der Waals surface area contributed by atoms with Gasteiger partial charge in [0.05, 0.1) is 33.3 Å². The maximum absolute atomic E-state index is 12.4. The van der Waals surface area contributed by atoms with Gasteiger partial charge in [0.2, 0.25) is 0 Å². The van der Waals surface area contributed by atoms with E-state index in [-0.39, 0.29) is 22.3 Å². The van der Waals surface area contributed by atoms with Gasteiger partial charge in [-0.25, -0.2) is 20.1 Å². The van der Waals surface area contributed by atoms with Crippen molar-refractivity contribution in [3.8, 4) is 11.1 Å². The smallest absolute Gasteiger partial charge is 0.309 e. The van der Waals surface area contributed by atoms with Gasteiger partial charge >= 0.3 is 5.69 Å². The van der Waals surface area contributed by atoms with E-state index < -0.39 is 9.96 Å². The first-order valence-corrected chi connectivity index (χ1v) is 10.9. The molecule has 0 atom stereocenters. The third kappa shape index (κ3) is 3.62. The van der Waals surface area contributed by atoms with Crippen LogP contribution in [0.25, 0.3) is 57.5 Å². The molecule has 0 spiro atoms. The van der Waals surface area contributed by atoms with E-state index in [4.69, 9.17) is 0 Å². The predicted molar refractivity (Wildman–Crippen MR) is 137 cm³/mol. The van der Waals surface area contributed by atoms with Crippen LogP contribution in [0.4, 0.5) is 5.69 Å². The molecular formula is C26H16N6O4. The molecule has 0 amide bonds. The van der Waals surface area contributed by atoms with Crippen LogP contribution in [0.15, 0.2) is 66.7 Å². The Morgan fingerprint density at radius 3 is 1.89 bits per heavy atom. The Kier molecular flexibility index (Phi) is 4.78. The highest BCUT2D eigenvalue weighted by Crippen LogP contribution is 2.40. The monoisotopic (exact) mass is 476 g/mol. The van der Waals surface area contributed by atoms with Crippen molar-refractivity contribution in [2.75, 3.05) is 0 Å². The molecule has 10 heteroatoms. The molecule has 0 aliphatic carbocycles. The highest BCUT2D eigenvalue weighted by molar-refractivity contribution is 5.98. The van der Waals surface area contributed by atoms with Crippen LogP contribution in [0.2, 0.25) is 0 Å². The van der Waals surface area contributed by atoms with E-state index in [9.17, 15) is 20.2 Å². The molecule has 36 heavy (non-hydrogen) atoms. The molecule has 0 saturated carbocycles. The fourth-order valence-electron chi connectivity index (χ4n) is 4.40. The zero-order valence-corrected chi connectivity index (χ0v) is 18.5. The third-order valence-corrected chi connectivity index (χ3v) is 5.87. The number of nitro groups is 2. The summed E-state index contributed by atoms with van der Waals surface area (Å²) in [6, 6.07) is 18.7. The lowest BCUT2D eigenvalue weighted by atomic mass is 10.1. The maximum atomic E-state index is 12.4. The second-order valence-corrected chi connectivity index (χ2v) is 8.20. The Morgan fingerprint density at radius 1 is 0.694 bits per heavy atom. The van der Waals surface area contributed by atoms with Crippen LogP contribution in [0, 0.1) is 20.2 Å². The molecule has 1 N–H and O–H groups in total. The minimum absolute atomic E-state index is 0.0664. The van der Waals surface area contributed by atoms with Crippen molar-refractivity contribution in [1.29, 1.82) is 0 Å². The second-order valence-electron chi connectivity index (χ2n) is 8.20.